The minimum Gasteiger partial charge on any atom is -0.491 e. The van der Waals surface area contributed by atoms with E-state index in [0.717, 1.165) is 31.6 Å². The summed E-state index contributed by atoms with van der Waals surface area (Å²) < 4.78 is 42.9. The van der Waals surface area contributed by atoms with Crippen LogP contribution in [0.15, 0.2) is 48.5 Å². The Balaban J connectivity index is 1.48. The van der Waals surface area contributed by atoms with E-state index < -0.39 is 17.8 Å². The molecule has 25 heavy (non-hydrogen) atoms. The van der Waals surface area contributed by atoms with Crippen LogP contribution in [0.25, 0.3) is 0 Å². The zero-order valence-electron chi connectivity index (χ0n) is 13.7. The number of ether oxygens (including phenoxy) is 1. The molecule has 3 rings (SSSR count). The van der Waals surface area contributed by atoms with Crippen molar-refractivity contribution in [2.45, 2.75) is 25.2 Å². The standard InChI is InChI=1S/C19H20F3NO2/c20-19(21,22)16-5-7-18(8-6-16)25-13-17(24)12-23-10-9-14-3-1-2-4-15(14)11-23/h1-8,17,24H,9-13H2. The van der Waals surface area contributed by atoms with Crippen LogP contribution in [0.3, 0.4) is 0 Å². The van der Waals surface area contributed by atoms with Gasteiger partial charge in [-0.15, -0.1) is 0 Å². The predicted molar refractivity (Wildman–Crippen MR) is 88.4 cm³/mol. The molecule has 0 aromatic heterocycles. The highest BCUT2D eigenvalue weighted by Crippen LogP contribution is 2.30. The van der Waals surface area contributed by atoms with Crippen molar-refractivity contribution in [3.63, 3.8) is 0 Å². The molecule has 2 aromatic carbocycles. The highest BCUT2D eigenvalue weighted by Gasteiger charge is 2.30. The van der Waals surface area contributed by atoms with Crippen LogP contribution in [0.5, 0.6) is 5.75 Å². The van der Waals surface area contributed by atoms with E-state index in [4.69, 9.17) is 4.74 Å². The van der Waals surface area contributed by atoms with Gasteiger partial charge in [0.25, 0.3) is 0 Å². The maximum atomic E-state index is 12.5. The Hall–Kier alpha value is -2.05. The van der Waals surface area contributed by atoms with E-state index in [1.54, 1.807) is 0 Å². The van der Waals surface area contributed by atoms with Crippen LogP contribution in [0, 0.1) is 0 Å². The molecule has 1 unspecified atom stereocenters. The minimum atomic E-state index is -4.36. The molecule has 0 fully saturated rings. The number of fused-ring (bicyclic) bond motifs is 1. The highest BCUT2D eigenvalue weighted by atomic mass is 19.4. The topological polar surface area (TPSA) is 32.7 Å². The lowest BCUT2D eigenvalue weighted by Gasteiger charge is -2.30. The monoisotopic (exact) mass is 351 g/mol. The Morgan fingerprint density at radius 1 is 1.04 bits per heavy atom. The summed E-state index contributed by atoms with van der Waals surface area (Å²) in [5.41, 5.74) is 1.89. The van der Waals surface area contributed by atoms with Crippen molar-refractivity contribution in [3.05, 3.63) is 65.2 Å². The second-order valence-electron chi connectivity index (χ2n) is 6.24. The summed E-state index contributed by atoms with van der Waals surface area (Å²) in [6, 6.07) is 12.7. The van der Waals surface area contributed by atoms with Gasteiger partial charge in [0.15, 0.2) is 0 Å². The highest BCUT2D eigenvalue weighted by molar-refractivity contribution is 5.29. The Labute approximate surface area is 144 Å². The smallest absolute Gasteiger partial charge is 0.416 e. The van der Waals surface area contributed by atoms with E-state index in [1.807, 2.05) is 12.1 Å². The molecule has 0 amide bonds. The zero-order chi connectivity index (χ0) is 17.9. The second kappa shape index (κ2) is 7.45. The molecule has 2 aromatic rings. The summed E-state index contributed by atoms with van der Waals surface area (Å²) in [4.78, 5) is 2.16. The summed E-state index contributed by atoms with van der Waals surface area (Å²) in [6.45, 7) is 2.17. The number of rotatable bonds is 5. The fraction of sp³-hybridized carbons (Fsp3) is 0.368. The second-order valence-corrected chi connectivity index (χ2v) is 6.24. The fourth-order valence-corrected chi connectivity index (χ4v) is 2.99. The van der Waals surface area contributed by atoms with Crippen LogP contribution >= 0.6 is 0 Å². The molecule has 0 bridgehead atoms. The van der Waals surface area contributed by atoms with Crippen molar-refractivity contribution >= 4 is 0 Å². The van der Waals surface area contributed by atoms with Gasteiger partial charge < -0.3 is 9.84 Å². The SMILES string of the molecule is OC(COc1ccc(C(F)(F)F)cc1)CN1CCc2ccccc2C1. The Kier molecular flexibility index (Phi) is 5.30. The molecule has 1 aliphatic heterocycles. The van der Waals surface area contributed by atoms with Crippen molar-refractivity contribution in [2.24, 2.45) is 0 Å². The summed E-state index contributed by atoms with van der Waals surface area (Å²) >= 11 is 0. The number of aliphatic hydroxyl groups excluding tert-OH is 1. The van der Waals surface area contributed by atoms with Crippen molar-refractivity contribution < 1.29 is 23.0 Å². The summed E-state index contributed by atoms with van der Waals surface area (Å²) in [6.07, 6.45) is -4.11. The zero-order valence-corrected chi connectivity index (χ0v) is 13.7. The molecule has 0 radical (unpaired) electrons. The quantitative estimate of drug-likeness (QED) is 0.895. The maximum absolute atomic E-state index is 12.5. The Bertz CT molecular complexity index is 701. The van der Waals surface area contributed by atoms with Crippen molar-refractivity contribution in [1.82, 2.24) is 4.90 Å². The van der Waals surface area contributed by atoms with Gasteiger partial charge in [0.05, 0.1) is 5.56 Å². The lowest BCUT2D eigenvalue weighted by atomic mass is 10.00. The fourth-order valence-electron chi connectivity index (χ4n) is 2.99. The lowest BCUT2D eigenvalue weighted by Crippen LogP contribution is -2.38. The minimum absolute atomic E-state index is 0.0452. The molecule has 134 valence electrons. The number of hydrogen-bond donors (Lipinski definition) is 1. The number of nitrogens with zero attached hydrogens (tertiary/aromatic N) is 1. The molecule has 0 spiro atoms. The van der Waals surface area contributed by atoms with Gasteiger partial charge in [-0.1, -0.05) is 24.3 Å². The molecule has 1 N–H and O–H groups in total. The Morgan fingerprint density at radius 3 is 2.40 bits per heavy atom. The molecule has 1 heterocycles. The van der Waals surface area contributed by atoms with Crippen molar-refractivity contribution in [3.8, 4) is 5.75 Å². The van der Waals surface area contributed by atoms with Gasteiger partial charge in [-0.05, 0) is 41.8 Å². The van der Waals surface area contributed by atoms with Crippen LogP contribution in [0.1, 0.15) is 16.7 Å². The number of aliphatic hydroxyl groups is 1. The molecular weight excluding hydrogens is 331 g/mol. The van der Waals surface area contributed by atoms with Crippen LogP contribution in [-0.2, 0) is 19.1 Å². The first-order valence-electron chi connectivity index (χ1n) is 8.19. The van der Waals surface area contributed by atoms with Crippen LogP contribution in [0.2, 0.25) is 0 Å². The maximum Gasteiger partial charge on any atom is 0.416 e. The van der Waals surface area contributed by atoms with Gasteiger partial charge in [-0.25, -0.2) is 0 Å². The van der Waals surface area contributed by atoms with E-state index in [0.29, 0.717) is 12.3 Å². The van der Waals surface area contributed by atoms with Crippen LogP contribution in [-0.4, -0.2) is 35.8 Å². The van der Waals surface area contributed by atoms with Gasteiger partial charge in [-0.2, -0.15) is 13.2 Å². The average Bonchev–Trinajstić information content (AvgIpc) is 2.59. The molecule has 3 nitrogen and oxygen atoms in total. The normalized spacial score (nSPS) is 16.3. The molecule has 0 saturated heterocycles. The number of halogens is 3. The van der Waals surface area contributed by atoms with Gasteiger partial charge in [0.2, 0.25) is 0 Å². The number of β-amino-alcohol motifs (C(OH)–C–C–N with tert-alkyl or cyclic N) is 1. The summed E-state index contributed by atoms with van der Waals surface area (Å²) in [5, 5.41) is 10.1. The molecule has 1 atom stereocenters. The molecule has 0 saturated carbocycles. The third-order valence-electron chi connectivity index (χ3n) is 4.30. The third-order valence-corrected chi connectivity index (χ3v) is 4.30. The first-order chi connectivity index (χ1) is 11.9. The summed E-state index contributed by atoms with van der Waals surface area (Å²) in [5.74, 6) is 0.316. The van der Waals surface area contributed by atoms with E-state index >= 15 is 0 Å². The summed E-state index contributed by atoms with van der Waals surface area (Å²) in [7, 11) is 0. The van der Waals surface area contributed by atoms with E-state index in [2.05, 4.69) is 17.0 Å². The van der Waals surface area contributed by atoms with Gasteiger partial charge >= 0.3 is 6.18 Å². The van der Waals surface area contributed by atoms with Gasteiger partial charge in [0.1, 0.15) is 18.5 Å². The third kappa shape index (κ3) is 4.74. The molecule has 1 aliphatic rings. The molecule has 0 aliphatic carbocycles. The van der Waals surface area contributed by atoms with Gasteiger partial charge in [-0.3, -0.25) is 4.90 Å². The number of benzene rings is 2. The number of hydrogen-bond acceptors (Lipinski definition) is 3. The van der Waals surface area contributed by atoms with Crippen molar-refractivity contribution in [2.75, 3.05) is 19.7 Å². The van der Waals surface area contributed by atoms with Crippen LogP contribution < -0.4 is 4.74 Å². The van der Waals surface area contributed by atoms with E-state index in [-0.39, 0.29) is 6.61 Å². The van der Waals surface area contributed by atoms with E-state index in [9.17, 15) is 18.3 Å². The van der Waals surface area contributed by atoms with Crippen molar-refractivity contribution in [1.29, 1.82) is 0 Å². The first kappa shape index (κ1) is 17.8. The predicted octanol–water partition coefficient (Wildman–Crippen LogP) is 3.50. The lowest BCUT2D eigenvalue weighted by molar-refractivity contribution is -0.137. The van der Waals surface area contributed by atoms with Crippen LogP contribution in [0.4, 0.5) is 13.2 Å². The average molecular weight is 351 g/mol. The number of alkyl halides is 3. The van der Waals surface area contributed by atoms with Gasteiger partial charge in [0, 0.05) is 19.6 Å². The van der Waals surface area contributed by atoms with E-state index in [1.165, 1.54) is 23.3 Å². The Morgan fingerprint density at radius 2 is 1.72 bits per heavy atom. The molecule has 6 heteroatoms. The largest absolute Gasteiger partial charge is 0.491 e. The molecular formula is C19H20F3NO2. The first-order valence-corrected chi connectivity index (χ1v) is 8.19.